The second-order valence-corrected chi connectivity index (χ2v) is 8.57. The van der Waals surface area contributed by atoms with Crippen molar-refractivity contribution in [1.82, 2.24) is 51.4 Å². The Morgan fingerprint density at radius 3 is 1.59 bits per heavy atom. The fraction of sp³-hybridized carbons (Fsp3) is 0.750. The molecule has 0 bridgehead atoms. The number of tetrazole rings is 2. The lowest BCUT2D eigenvalue weighted by atomic mass is 10.1. The third kappa shape index (κ3) is 16.8. The summed E-state index contributed by atoms with van der Waals surface area (Å²) in [5.41, 5.74) is 2.22. The molecule has 0 aliphatic carbocycles. The highest BCUT2D eigenvalue weighted by Crippen LogP contribution is 2.06. The summed E-state index contributed by atoms with van der Waals surface area (Å²) in [5.74, 6) is 3.45. The van der Waals surface area contributed by atoms with Crippen molar-refractivity contribution < 1.29 is 4.80 Å². The topological polar surface area (TPSA) is 166 Å². The molecule has 0 atom stereocenters. The molecule has 0 saturated carbocycles. The van der Waals surface area contributed by atoms with E-state index in [-0.39, 0.29) is 0 Å². The van der Waals surface area contributed by atoms with Gasteiger partial charge in [0.05, 0.1) is 17.0 Å². The zero-order valence-corrected chi connectivity index (χ0v) is 25.1. The SMILES string of the molecule is CC.CC.CC(C)C1=NN=CC1.CC(C)c1cn[nH]n1.CC(C)c1n[nH][n+](C)n1.CC(C)c1nn[nH]n1. The molecule has 3 aromatic heterocycles. The molecule has 0 saturated heterocycles. The average molecular weight is 521 g/mol. The van der Waals surface area contributed by atoms with E-state index in [0.29, 0.717) is 23.7 Å². The molecule has 3 N–H and O–H groups in total. The number of nitrogens with zero attached hydrogens (tertiary/aromatic N) is 10. The lowest BCUT2D eigenvalue weighted by Gasteiger charge is -1.98. The van der Waals surface area contributed by atoms with Crippen LogP contribution in [0.1, 0.15) is 125 Å². The van der Waals surface area contributed by atoms with E-state index in [9.17, 15) is 0 Å². The molecule has 13 heteroatoms. The molecule has 4 heterocycles. The summed E-state index contributed by atoms with van der Waals surface area (Å²) < 4.78 is 0. The molecule has 0 aromatic carbocycles. The minimum absolute atomic E-state index is 0.369. The van der Waals surface area contributed by atoms with Crippen LogP contribution in [0.2, 0.25) is 0 Å². The molecule has 13 nitrogen and oxygen atoms in total. The number of aromatic amines is 3. The molecule has 0 spiro atoms. The van der Waals surface area contributed by atoms with Crippen molar-refractivity contribution in [2.24, 2.45) is 23.2 Å². The first kappa shape index (κ1) is 35.8. The zero-order valence-electron chi connectivity index (χ0n) is 25.1. The van der Waals surface area contributed by atoms with Crippen LogP contribution < -0.4 is 4.80 Å². The van der Waals surface area contributed by atoms with Gasteiger partial charge in [0.2, 0.25) is 0 Å². The van der Waals surface area contributed by atoms with E-state index in [1.54, 1.807) is 11.0 Å². The lowest BCUT2D eigenvalue weighted by molar-refractivity contribution is -0.784. The Balaban J connectivity index is 0. The number of hydrogen-bond donors (Lipinski definition) is 3. The molecule has 0 unspecified atom stereocenters. The Labute approximate surface area is 222 Å². The fourth-order valence-electron chi connectivity index (χ4n) is 2.11. The van der Waals surface area contributed by atoms with E-state index in [0.717, 1.165) is 23.8 Å². The quantitative estimate of drug-likeness (QED) is 0.425. The fourth-order valence-corrected chi connectivity index (χ4v) is 2.11. The van der Waals surface area contributed by atoms with Crippen LogP contribution >= 0.6 is 0 Å². The monoisotopic (exact) mass is 520 g/mol. The molecular formula is C24H50N13+. The minimum atomic E-state index is 0.369. The Morgan fingerprint density at radius 2 is 1.38 bits per heavy atom. The smallest absolute Gasteiger partial charge is 0.198 e. The second kappa shape index (κ2) is 21.9. The van der Waals surface area contributed by atoms with Gasteiger partial charge in [0.25, 0.3) is 0 Å². The molecule has 37 heavy (non-hydrogen) atoms. The number of nitrogens with one attached hydrogen (secondary N) is 3. The van der Waals surface area contributed by atoms with Crippen LogP contribution in [0.25, 0.3) is 0 Å². The predicted octanol–water partition coefficient (Wildman–Crippen LogP) is 4.53. The first-order valence-corrected chi connectivity index (χ1v) is 13.1. The first-order chi connectivity index (χ1) is 17.6. The number of hydrogen-bond acceptors (Lipinski definition) is 9. The second-order valence-electron chi connectivity index (χ2n) is 8.57. The van der Waals surface area contributed by atoms with E-state index in [1.165, 1.54) is 5.71 Å². The van der Waals surface area contributed by atoms with E-state index in [1.807, 2.05) is 54.8 Å². The van der Waals surface area contributed by atoms with Crippen LogP contribution in [0, 0.1) is 5.92 Å². The highest BCUT2D eigenvalue weighted by Gasteiger charge is 2.11. The summed E-state index contributed by atoms with van der Waals surface area (Å²) >= 11 is 0. The van der Waals surface area contributed by atoms with Gasteiger partial charge in [0.15, 0.2) is 5.82 Å². The Morgan fingerprint density at radius 1 is 0.757 bits per heavy atom. The summed E-state index contributed by atoms with van der Waals surface area (Å²) in [4.78, 5) is 1.59. The number of H-pyrrole nitrogens is 3. The number of rotatable bonds is 4. The van der Waals surface area contributed by atoms with Gasteiger partial charge < -0.3 is 0 Å². The molecule has 0 radical (unpaired) electrons. The summed E-state index contributed by atoms with van der Waals surface area (Å²) in [5, 5.41) is 41.8. The van der Waals surface area contributed by atoms with Gasteiger partial charge in [-0.2, -0.15) is 30.8 Å². The summed E-state index contributed by atoms with van der Waals surface area (Å²) in [7, 11) is 1.82. The van der Waals surface area contributed by atoms with Crippen LogP contribution in [0.3, 0.4) is 0 Å². The average Bonchev–Trinajstić information content (AvgIpc) is 3.69. The Hall–Kier alpha value is -3.38. The van der Waals surface area contributed by atoms with Crippen LogP contribution in [-0.4, -0.2) is 63.4 Å². The molecule has 0 amide bonds. The molecule has 1 aliphatic rings. The first-order valence-electron chi connectivity index (χ1n) is 13.1. The van der Waals surface area contributed by atoms with Crippen LogP contribution in [-0.2, 0) is 7.05 Å². The normalized spacial score (nSPS) is 11.2. The number of aryl methyl sites for hydroxylation is 1. The van der Waals surface area contributed by atoms with Gasteiger partial charge in [0, 0.05) is 30.2 Å². The summed E-state index contributed by atoms with van der Waals surface area (Å²) in [6, 6.07) is 0. The van der Waals surface area contributed by atoms with Gasteiger partial charge >= 0.3 is 5.82 Å². The van der Waals surface area contributed by atoms with Crippen LogP contribution in [0.4, 0.5) is 0 Å². The maximum Gasteiger partial charge on any atom is 0.310 e. The van der Waals surface area contributed by atoms with Crippen LogP contribution in [0.5, 0.6) is 0 Å². The molecule has 210 valence electrons. The predicted molar refractivity (Wildman–Crippen MR) is 148 cm³/mol. The van der Waals surface area contributed by atoms with Crippen molar-refractivity contribution in [2.45, 2.75) is 107 Å². The van der Waals surface area contributed by atoms with Crippen molar-refractivity contribution >= 4 is 11.9 Å². The highest BCUT2D eigenvalue weighted by molar-refractivity contribution is 5.99. The zero-order chi connectivity index (χ0) is 28.8. The van der Waals surface area contributed by atoms with Gasteiger partial charge in [-0.3, -0.25) is 0 Å². The van der Waals surface area contributed by atoms with E-state index < -0.39 is 0 Å². The maximum absolute atomic E-state index is 4.06. The van der Waals surface area contributed by atoms with Crippen molar-refractivity contribution in [2.75, 3.05) is 0 Å². The van der Waals surface area contributed by atoms with Crippen molar-refractivity contribution in [1.29, 1.82) is 0 Å². The van der Waals surface area contributed by atoms with Crippen molar-refractivity contribution in [3.8, 4) is 0 Å². The summed E-state index contributed by atoms with van der Waals surface area (Å²) in [6.45, 7) is 24.6. The van der Waals surface area contributed by atoms with Gasteiger partial charge in [-0.15, -0.1) is 10.2 Å². The Kier molecular flexibility index (Phi) is 21.1. The molecule has 0 fully saturated rings. The molecular weight excluding hydrogens is 470 g/mol. The van der Waals surface area contributed by atoms with Crippen molar-refractivity contribution in [3.05, 3.63) is 23.5 Å². The summed E-state index contributed by atoms with van der Waals surface area (Å²) in [6.07, 6.45) is 4.54. The molecule has 3 aromatic rings. The third-order valence-electron chi connectivity index (χ3n) is 4.22. The van der Waals surface area contributed by atoms with Gasteiger partial charge in [-0.1, -0.05) is 93.1 Å². The largest absolute Gasteiger partial charge is 0.310 e. The molecule has 1 aliphatic heterocycles. The lowest BCUT2D eigenvalue weighted by Crippen LogP contribution is -2.33. The van der Waals surface area contributed by atoms with Gasteiger partial charge in [-0.25, -0.2) is 0 Å². The van der Waals surface area contributed by atoms with Gasteiger partial charge in [0.1, 0.15) is 7.05 Å². The highest BCUT2D eigenvalue weighted by atomic mass is 15.6. The standard InChI is InChI=1S/C6H10N2.C5H10N4.C5H9N3.C4H8N4.2C2H6/c1-5(2)6-3-4-7-8-6;1-4(2)5-6-8-9(3)7-5;1-4(2)5-3-6-8-7-5;1-3(2)4-5-7-8-6-4;2*1-2/h4-5H,3H2,1-2H3;4H,1-3H3;3-4H,1-2H3,(H,6,7,8);3H,1-2H3,(H,5,6,7,8);2*1-2H3/p+1. The van der Waals surface area contributed by atoms with Crippen LogP contribution in [0.15, 0.2) is 16.4 Å². The maximum atomic E-state index is 4.06. The van der Waals surface area contributed by atoms with Crippen molar-refractivity contribution in [3.63, 3.8) is 0 Å². The molecule has 4 rings (SSSR count). The van der Waals surface area contributed by atoms with E-state index in [2.05, 4.69) is 103 Å². The third-order valence-corrected chi connectivity index (χ3v) is 4.22. The van der Waals surface area contributed by atoms with E-state index in [4.69, 9.17) is 0 Å². The van der Waals surface area contributed by atoms with E-state index >= 15 is 0 Å². The number of aromatic nitrogens is 11. The minimum Gasteiger partial charge on any atom is -0.198 e. The van der Waals surface area contributed by atoms with Gasteiger partial charge in [-0.05, 0) is 22.1 Å². The Bertz CT molecular complexity index is 884.